The van der Waals surface area contributed by atoms with Crippen molar-refractivity contribution >= 4 is 23.6 Å². The summed E-state index contributed by atoms with van der Waals surface area (Å²) in [5.74, 6) is -0.999. The number of amides is 1. The van der Waals surface area contributed by atoms with E-state index in [4.69, 9.17) is 5.26 Å². The second-order valence-electron chi connectivity index (χ2n) is 4.84. The topological polar surface area (TPSA) is 90.2 Å². The Morgan fingerprint density at radius 2 is 2.10 bits per heavy atom. The van der Waals surface area contributed by atoms with Crippen LogP contribution in [0.5, 0.6) is 0 Å². The second-order valence-corrected chi connectivity index (χ2v) is 5.86. The largest absolute Gasteiger partial charge is 0.481 e. The monoisotopic (exact) mass is 306 g/mol. The number of thioether (sulfide) groups is 1. The molecule has 1 aromatic carbocycles. The average Bonchev–Trinajstić information content (AvgIpc) is 2.50. The van der Waals surface area contributed by atoms with Gasteiger partial charge in [0.25, 0.3) is 5.91 Å². The van der Waals surface area contributed by atoms with Crippen molar-refractivity contribution in [3.63, 3.8) is 0 Å². The van der Waals surface area contributed by atoms with Gasteiger partial charge in [-0.25, -0.2) is 0 Å². The lowest BCUT2D eigenvalue weighted by molar-refractivity contribution is -0.147. The van der Waals surface area contributed by atoms with E-state index in [9.17, 15) is 14.7 Å². The molecule has 0 aliphatic carbocycles. The van der Waals surface area contributed by atoms with Gasteiger partial charge in [-0.05, 0) is 25.5 Å². The van der Waals surface area contributed by atoms with Gasteiger partial charge < -0.3 is 10.4 Å². The molecule has 0 aromatic heterocycles. The first kappa shape index (κ1) is 17.1. The first-order valence-electron chi connectivity index (χ1n) is 6.55. The van der Waals surface area contributed by atoms with Crippen LogP contribution in [0.2, 0.25) is 0 Å². The van der Waals surface area contributed by atoms with Gasteiger partial charge in [0.15, 0.2) is 0 Å². The third-order valence-electron chi connectivity index (χ3n) is 3.36. The lowest BCUT2D eigenvalue weighted by Crippen LogP contribution is -2.40. The number of hydrogen-bond donors (Lipinski definition) is 2. The molecule has 1 rings (SSSR count). The number of carbonyl (C=O) groups is 2. The number of nitriles is 1. The van der Waals surface area contributed by atoms with Crippen molar-refractivity contribution in [3.8, 4) is 6.07 Å². The number of nitrogens with zero attached hydrogens (tertiary/aromatic N) is 1. The van der Waals surface area contributed by atoms with Crippen LogP contribution in [0.1, 0.15) is 30.6 Å². The summed E-state index contributed by atoms with van der Waals surface area (Å²) in [4.78, 5) is 24.1. The predicted molar refractivity (Wildman–Crippen MR) is 81.1 cm³/mol. The average molecular weight is 306 g/mol. The molecule has 0 aliphatic heterocycles. The van der Waals surface area contributed by atoms with Gasteiger partial charge in [0.1, 0.15) is 0 Å². The number of nitrogens with one attached hydrogen (secondary N) is 1. The molecule has 0 bridgehead atoms. The zero-order valence-electron chi connectivity index (χ0n) is 12.0. The van der Waals surface area contributed by atoms with Gasteiger partial charge in [-0.15, -0.1) is 11.8 Å². The first-order valence-corrected chi connectivity index (χ1v) is 7.53. The third kappa shape index (κ3) is 4.50. The fraction of sp³-hybridized carbons (Fsp3) is 0.400. The molecule has 1 amide bonds. The molecule has 5 nitrogen and oxygen atoms in total. The summed E-state index contributed by atoms with van der Waals surface area (Å²) in [6.07, 6.45) is 0.424. The minimum Gasteiger partial charge on any atom is -0.481 e. The zero-order valence-corrected chi connectivity index (χ0v) is 12.9. The summed E-state index contributed by atoms with van der Waals surface area (Å²) in [5.41, 5.74) is -0.522. The van der Waals surface area contributed by atoms with Gasteiger partial charge in [0.05, 0.1) is 22.8 Å². The van der Waals surface area contributed by atoms with E-state index in [-0.39, 0.29) is 18.2 Å². The van der Waals surface area contributed by atoms with E-state index in [2.05, 4.69) is 5.32 Å². The second kappa shape index (κ2) is 7.70. The van der Waals surface area contributed by atoms with Crippen LogP contribution in [0.25, 0.3) is 0 Å². The molecule has 0 saturated carbocycles. The van der Waals surface area contributed by atoms with Gasteiger partial charge in [-0.3, -0.25) is 9.59 Å². The van der Waals surface area contributed by atoms with Crippen LogP contribution in [-0.2, 0) is 4.79 Å². The van der Waals surface area contributed by atoms with E-state index in [1.807, 2.05) is 6.07 Å². The molecule has 112 valence electrons. The Morgan fingerprint density at radius 1 is 1.43 bits per heavy atom. The predicted octanol–water partition coefficient (Wildman–Crippen LogP) is 2.53. The molecule has 0 fully saturated rings. The maximum Gasteiger partial charge on any atom is 0.311 e. The van der Waals surface area contributed by atoms with Crippen molar-refractivity contribution in [1.29, 1.82) is 5.26 Å². The number of carbonyl (C=O) groups excluding carboxylic acids is 1. The fourth-order valence-electron chi connectivity index (χ4n) is 1.61. The summed E-state index contributed by atoms with van der Waals surface area (Å²) >= 11 is 1.28. The van der Waals surface area contributed by atoms with Crippen molar-refractivity contribution in [2.24, 2.45) is 5.41 Å². The van der Waals surface area contributed by atoms with Gasteiger partial charge in [-0.2, -0.15) is 5.26 Å². The summed E-state index contributed by atoms with van der Waals surface area (Å²) in [5, 5.41) is 20.5. The molecule has 1 unspecified atom stereocenters. The van der Waals surface area contributed by atoms with Crippen LogP contribution in [0, 0.1) is 16.7 Å². The summed E-state index contributed by atoms with van der Waals surface area (Å²) in [6.45, 7) is 3.44. The van der Waals surface area contributed by atoms with E-state index < -0.39 is 11.4 Å². The molecular formula is C15H18N2O3S. The van der Waals surface area contributed by atoms with Crippen molar-refractivity contribution < 1.29 is 14.7 Å². The lowest BCUT2D eigenvalue weighted by atomic mass is 9.87. The number of hydrogen-bond acceptors (Lipinski definition) is 4. The highest BCUT2D eigenvalue weighted by Gasteiger charge is 2.31. The summed E-state index contributed by atoms with van der Waals surface area (Å²) in [6, 6.07) is 8.99. The molecule has 1 atom stereocenters. The Labute approximate surface area is 128 Å². The van der Waals surface area contributed by atoms with Crippen LogP contribution < -0.4 is 5.32 Å². The molecule has 0 aliphatic rings. The molecule has 0 saturated heterocycles. The smallest absolute Gasteiger partial charge is 0.311 e. The molecule has 2 N–H and O–H groups in total. The van der Waals surface area contributed by atoms with E-state index in [0.717, 1.165) is 0 Å². The summed E-state index contributed by atoms with van der Waals surface area (Å²) < 4.78 is 0. The van der Waals surface area contributed by atoms with Crippen LogP contribution >= 0.6 is 11.8 Å². The quantitative estimate of drug-likeness (QED) is 0.755. The molecule has 0 radical (unpaired) electrons. The molecule has 21 heavy (non-hydrogen) atoms. The SMILES string of the molecule is CCC(C)(CNC(=O)c1ccccc1SCC#N)C(=O)O. The molecule has 6 heteroatoms. The third-order valence-corrected chi connectivity index (χ3v) is 4.30. The number of carboxylic acid groups (broad SMARTS) is 1. The van der Waals surface area contributed by atoms with Crippen LogP contribution in [0.15, 0.2) is 29.2 Å². The normalized spacial score (nSPS) is 13.0. The number of benzene rings is 1. The number of aliphatic carboxylic acids is 1. The maximum absolute atomic E-state index is 12.2. The molecule has 0 heterocycles. The van der Waals surface area contributed by atoms with Crippen LogP contribution in [0.4, 0.5) is 0 Å². The Bertz CT molecular complexity index is 568. The number of rotatable bonds is 7. The lowest BCUT2D eigenvalue weighted by Gasteiger charge is -2.23. The van der Waals surface area contributed by atoms with Crippen molar-refractivity contribution in [1.82, 2.24) is 5.32 Å². The Balaban J connectivity index is 2.81. The highest BCUT2D eigenvalue weighted by atomic mass is 32.2. The van der Waals surface area contributed by atoms with Crippen LogP contribution in [0.3, 0.4) is 0 Å². The summed E-state index contributed by atoms with van der Waals surface area (Å²) in [7, 11) is 0. The van der Waals surface area contributed by atoms with Gasteiger partial charge >= 0.3 is 5.97 Å². The standard InChI is InChI=1S/C15H18N2O3S/c1-3-15(2,14(19)20)10-17-13(18)11-6-4-5-7-12(11)21-9-8-16/h4-7H,3,9-10H2,1-2H3,(H,17,18)(H,19,20). The van der Waals surface area contributed by atoms with Gasteiger partial charge in [-0.1, -0.05) is 19.1 Å². The highest BCUT2D eigenvalue weighted by molar-refractivity contribution is 7.99. The van der Waals surface area contributed by atoms with Crippen LogP contribution in [-0.4, -0.2) is 29.3 Å². The molecule has 1 aromatic rings. The first-order chi connectivity index (χ1) is 9.94. The number of carboxylic acids is 1. The van der Waals surface area contributed by atoms with E-state index in [1.54, 1.807) is 38.1 Å². The Kier molecular flexibility index (Phi) is 6.25. The zero-order chi connectivity index (χ0) is 15.9. The van der Waals surface area contributed by atoms with Crippen molar-refractivity contribution in [2.75, 3.05) is 12.3 Å². The minimum absolute atomic E-state index is 0.0644. The van der Waals surface area contributed by atoms with Crippen molar-refractivity contribution in [3.05, 3.63) is 29.8 Å². The van der Waals surface area contributed by atoms with Gasteiger partial charge in [0, 0.05) is 11.4 Å². The fourth-order valence-corrected chi connectivity index (χ4v) is 2.32. The Morgan fingerprint density at radius 3 is 2.67 bits per heavy atom. The molecular weight excluding hydrogens is 288 g/mol. The van der Waals surface area contributed by atoms with Gasteiger partial charge in [0.2, 0.25) is 0 Å². The molecule has 0 spiro atoms. The maximum atomic E-state index is 12.2. The van der Waals surface area contributed by atoms with Crippen molar-refractivity contribution in [2.45, 2.75) is 25.2 Å². The van der Waals surface area contributed by atoms with E-state index in [0.29, 0.717) is 16.9 Å². The highest BCUT2D eigenvalue weighted by Crippen LogP contribution is 2.23. The van der Waals surface area contributed by atoms with E-state index in [1.165, 1.54) is 11.8 Å². The Hall–Kier alpha value is -2.00. The van der Waals surface area contributed by atoms with E-state index >= 15 is 0 Å². The minimum atomic E-state index is -0.982.